The van der Waals surface area contributed by atoms with Crippen molar-refractivity contribution in [1.29, 1.82) is 0 Å². The summed E-state index contributed by atoms with van der Waals surface area (Å²) < 4.78 is 20.3. The summed E-state index contributed by atoms with van der Waals surface area (Å²) in [6, 6.07) is 15.4. The second-order valence-electron chi connectivity index (χ2n) is 8.53. The lowest BCUT2D eigenvalue weighted by atomic mass is 9.69. The molecule has 5 rings (SSSR count). The first kappa shape index (κ1) is 18.4. The lowest BCUT2D eigenvalue weighted by Gasteiger charge is -2.48. The maximum atomic E-state index is 13.8. The van der Waals surface area contributed by atoms with Gasteiger partial charge in [0, 0.05) is 22.1 Å². The number of benzene rings is 2. The number of aromatic amines is 1. The molecular weight excluding hydrogens is 363 g/mol. The molecule has 3 nitrogen and oxygen atoms in total. The van der Waals surface area contributed by atoms with Crippen molar-refractivity contribution in [2.75, 3.05) is 11.9 Å². The number of rotatable bonds is 4. The van der Waals surface area contributed by atoms with Gasteiger partial charge in [0.15, 0.2) is 0 Å². The van der Waals surface area contributed by atoms with Gasteiger partial charge in [-0.25, -0.2) is 4.39 Å². The van der Waals surface area contributed by atoms with Crippen molar-refractivity contribution < 1.29 is 9.13 Å². The molecule has 4 heteroatoms. The van der Waals surface area contributed by atoms with Crippen LogP contribution in [0.1, 0.15) is 43.4 Å². The Morgan fingerprint density at radius 1 is 1.10 bits per heavy atom. The Morgan fingerprint density at radius 2 is 1.90 bits per heavy atom. The van der Waals surface area contributed by atoms with Gasteiger partial charge in [0.2, 0.25) is 0 Å². The molecule has 1 fully saturated rings. The number of anilines is 1. The number of fused-ring (bicyclic) bond motifs is 4. The zero-order chi connectivity index (χ0) is 19.9. The van der Waals surface area contributed by atoms with E-state index in [1.165, 1.54) is 11.6 Å². The van der Waals surface area contributed by atoms with Crippen molar-refractivity contribution in [1.82, 2.24) is 4.98 Å². The maximum Gasteiger partial charge on any atom is 0.123 e. The van der Waals surface area contributed by atoms with Crippen molar-refractivity contribution in [3.63, 3.8) is 0 Å². The standard InChI is InChI=1S/C25H27FN2O/c1-2-11-24(28-19-6-4-3-5-7-19)12-14-25(15-13-24)23-20(10-16-29-25)21-17-18(26)8-9-22(21)27-23/h2-9,17,27-28H,1,10-16H2. The molecule has 1 saturated carbocycles. The second-order valence-corrected chi connectivity index (χ2v) is 8.53. The first-order valence-corrected chi connectivity index (χ1v) is 10.5. The summed E-state index contributed by atoms with van der Waals surface area (Å²) in [6.07, 6.45) is 7.64. The van der Waals surface area contributed by atoms with Gasteiger partial charge in [0.1, 0.15) is 11.4 Å². The fourth-order valence-corrected chi connectivity index (χ4v) is 5.30. The van der Waals surface area contributed by atoms with E-state index >= 15 is 0 Å². The Balaban J connectivity index is 1.46. The van der Waals surface area contributed by atoms with Gasteiger partial charge in [0.25, 0.3) is 0 Å². The first-order chi connectivity index (χ1) is 14.1. The van der Waals surface area contributed by atoms with Gasteiger partial charge in [-0.05, 0) is 74.4 Å². The highest BCUT2D eigenvalue weighted by atomic mass is 19.1. The zero-order valence-electron chi connectivity index (χ0n) is 16.6. The van der Waals surface area contributed by atoms with Gasteiger partial charge in [-0.2, -0.15) is 0 Å². The van der Waals surface area contributed by atoms with Gasteiger partial charge in [0.05, 0.1) is 12.3 Å². The number of hydrogen-bond donors (Lipinski definition) is 2. The van der Waals surface area contributed by atoms with E-state index < -0.39 is 0 Å². The molecule has 3 aromatic rings. The van der Waals surface area contributed by atoms with Crippen LogP contribution >= 0.6 is 0 Å². The average Bonchev–Trinajstić information content (AvgIpc) is 3.11. The highest BCUT2D eigenvalue weighted by molar-refractivity contribution is 5.85. The summed E-state index contributed by atoms with van der Waals surface area (Å²) in [5, 5.41) is 4.80. The largest absolute Gasteiger partial charge is 0.379 e. The van der Waals surface area contributed by atoms with Crippen LogP contribution in [-0.2, 0) is 16.8 Å². The molecule has 2 N–H and O–H groups in total. The van der Waals surface area contributed by atoms with Gasteiger partial charge < -0.3 is 15.0 Å². The summed E-state index contributed by atoms with van der Waals surface area (Å²) in [7, 11) is 0. The van der Waals surface area contributed by atoms with Crippen LogP contribution in [0, 0.1) is 5.82 Å². The van der Waals surface area contributed by atoms with E-state index in [0.717, 1.165) is 60.8 Å². The normalized spacial score (nSPS) is 26.4. The fourth-order valence-electron chi connectivity index (χ4n) is 5.30. The van der Waals surface area contributed by atoms with E-state index in [2.05, 4.69) is 41.1 Å². The summed E-state index contributed by atoms with van der Waals surface area (Å²) in [5.74, 6) is -0.180. The van der Waals surface area contributed by atoms with Gasteiger partial charge in [-0.1, -0.05) is 24.3 Å². The molecule has 150 valence electrons. The number of nitrogens with one attached hydrogen (secondary N) is 2. The third-order valence-electron chi connectivity index (χ3n) is 6.79. The van der Waals surface area contributed by atoms with Gasteiger partial charge in [-0.15, -0.1) is 6.58 Å². The van der Waals surface area contributed by atoms with Crippen LogP contribution < -0.4 is 5.32 Å². The predicted octanol–water partition coefficient (Wildman–Crippen LogP) is 6.08. The van der Waals surface area contributed by atoms with Crippen molar-refractivity contribution in [3.05, 3.63) is 78.3 Å². The van der Waals surface area contributed by atoms with Crippen molar-refractivity contribution in [2.45, 2.75) is 49.7 Å². The molecule has 1 aliphatic carbocycles. The molecule has 0 amide bonds. The SMILES string of the molecule is C=CCC1(Nc2ccccc2)CCC2(CC1)OCCc1c2[nH]c2ccc(F)cc12. The zero-order valence-corrected chi connectivity index (χ0v) is 16.6. The van der Waals surface area contributed by atoms with E-state index in [0.29, 0.717) is 6.61 Å². The molecule has 0 bridgehead atoms. The van der Waals surface area contributed by atoms with E-state index in [1.807, 2.05) is 18.2 Å². The highest BCUT2D eigenvalue weighted by Crippen LogP contribution is 2.49. The summed E-state index contributed by atoms with van der Waals surface area (Å²) in [6.45, 7) is 4.70. The highest BCUT2D eigenvalue weighted by Gasteiger charge is 2.47. The van der Waals surface area contributed by atoms with E-state index in [4.69, 9.17) is 4.74 Å². The van der Waals surface area contributed by atoms with Crippen molar-refractivity contribution >= 4 is 16.6 Å². The number of halogens is 1. The Kier molecular flexibility index (Phi) is 4.47. The minimum absolute atomic E-state index is 0.00650. The van der Waals surface area contributed by atoms with E-state index in [-0.39, 0.29) is 17.0 Å². The third kappa shape index (κ3) is 3.16. The monoisotopic (exact) mass is 390 g/mol. The summed E-state index contributed by atoms with van der Waals surface area (Å²) in [5.41, 5.74) is 4.25. The molecule has 0 atom stereocenters. The predicted molar refractivity (Wildman–Crippen MR) is 116 cm³/mol. The van der Waals surface area contributed by atoms with Crippen LogP contribution in [0.4, 0.5) is 10.1 Å². The third-order valence-corrected chi connectivity index (χ3v) is 6.79. The molecule has 2 aliphatic rings. The number of para-hydroxylation sites is 1. The van der Waals surface area contributed by atoms with Crippen LogP contribution in [0.5, 0.6) is 0 Å². The fraction of sp³-hybridized carbons (Fsp3) is 0.360. The molecule has 0 saturated heterocycles. The summed E-state index contributed by atoms with van der Waals surface area (Å²) in [4.78, 5) is 3.58. The van der Waals surface area contributed by atoms with Crippen LogP contribution in [0.15, 0.2) is 61.2 Å². The Bertz CT molecular complexity index is 1030. The number of ether oxygens (including phenoxy) is 1. The second kappa shape index (κ2) is 7.03. The van der Waals surface area contributed by atoms with Crippen LogP contribution in [0.25, 0.3) is 10.9 Å². The molecule has 1 aliphatic heterocycles. The smallest absolute Gasteiger partial charge is 0.123 e. The Hall–Kier alpha value is -2.59. The average molecular weight is 391 g/mol. The minimum Gasteiger partial charge on any atom is -0.379 e. The van der Waals surface area contributed by atoms with Crippen molar-refractivity contribution in [3.8, 4) is 0 Å². The van der Waals surface area contributed by atoms with Crippen LogP contribution in [-0.4, -0.2) is 17.1 Å². The Morgan fingerprint density at radius 3 is 2.66 bits per heavy atom. The van der Waals surface area contributed by atoms with E-state index in [1.54, 1.807) is 6.07 Å². The Labute approximate surface area is 171 Å². The lowest BCUT2D eigenvalue weighted by Crippen LogP contribution is -2.48. The molecule has 29 heavy (non-hydrogen) atoms. The van der Waals surface area contributed by atoms with E-state index in [9.17, 15) is 4.39 Å². The summed E-state index contributed by atoms with van der Waals surface area (Å²) >= 11 is 0. The van der Waals surface area contributed by atoms with Crippen molar-refractivity contribution in [2.24, 2.45) is 0 Å². The molecule has 2 aromatic carbocycles. The number of aromatic nitrogens is 1. The number of hydrogen-bond acceptors (Lipinski definition) is 2. The molecule has 0 unspecified atom stereocenters. The first-order valence-electron chi connectivity index (χ1n) is 10.5. The molecule has 2 heterocycles. The molecule has 0 radical (unpaired) electrons. The van der Waals surface area contributed by atoms with Gasteiger partial charge >= 0.3 is 0 Å². The minimum atomic E-state index is -0.299. The molecule has 1 aromatic heterocycles. The quantitative estimate of drug-likeness (QED) is 0.530. The lowest BCUT2D eigenvalue weighted by molar-refractivity contribution is -0.0958. The van der Waals surface area contributed by atoms with Crippen LogP contribution in [0.3, 0.4) is 0 Å². The molecular formula is C25H27FN2O. The molecule has 1 spiro atoms. The maximum absolute atomic E-state index is 13.8. The topological polar surface area (TPSA) is 37.0 Å². The van der Waals surface area contributed by atoms with Gasteiger partial charge in [-0.3, -0.25) is 0 Å². The number of H-pyrrole nitrogens is 1. The van der Waals surface area contributed by atoms with Crippen LogP contribution in [0.2, 0.25) is 0 Å².